The third-order valence-electron chi connectivity index (χ3n) is 2.33. The van der Waals surface area contributed by atoms with Gasteiger partial charge in [-0.25, -0.2) is 0 Å². The summed E-state index contributed by atoms with van der Waals surface area (Å²) in [5.41, 5.74) is 0. The van der Waals surface area contributed by atoms with E-state index in [4.69, 9.17) is 44.3 Å². The van der Waals surface area contributed by atoms with Crippen molar-refractivity contribution in [3.63, 3.8) is 0 Å². The average molecular weight is 299 g/mol. The van der Waals surface area contributed by atoms with Crippen LogP contribution < -0.4 is 9.47 Å². The molecule has 1 aliphatic heterocycles. The van der Waals surface area contributed by atoms with Gasteiger partial charge in [-0.15, -0.1) is 0 Å². The summed E-state index contributed by atoms with van der Waals surface area (Å²) in [6.45, 7) is 0. The quantitative estimate of drug-likeness (QED) is 0.542. The summed E-state index contributed by atoms with van der Waals surface area (Å²) in [6, 6.07) is 8.39. The normalized spacial score (nSPS) is 12.2. The second-order valence-electron chi connectivity index (χ2n) is 3.51. The molecule has 0 radical (unpaired) electrons. The number of ether oxygens (including phenoxy) is 2. The maximum atomic E-state index is 5.91. The minimum Gasteiger partial charge on any atom is -0.449 e. The van der Waals surface area contributed by atoms with Crippen molar-refractivity contribution in [2.45, 2.75) is 0 Å². The van der Waals surface area contributed by atoms with E-state index in [1.807, 2.05) is 0 Å². The Morgan fingerprint density at radius 1 is 0.647 bits per heavy atom. The van der Waals surface area contributed by atoms with Gasteiger partial charge in [0.2, 0.25) is 0 Å². The maximum absolute atomic E-state index is 5.91. The van der Waals surface area contributed by atoms with Crippen LogP contribution in [0, 0.1) is 0 Å². The molecule has 2 nitrogen and oxygen atoms in total. The van der Waals surface area contributed by atoms with Gasteiger partial charge in [0.25, 0.3) is 0 Å². The van der Waals surface area contributed by atoms with Gasteiger partial charge in [-0.1, -0.05) is 34.8 Å². The molecule has 2 aromatic rings. The van der Waals surface area contributed by atoms with Gasteiger partial charge >= 0.3 is 0 Å². The molecule has 0 aromatic heterocycles. The van der Waals surface area contributed by atoms with E-state index < -0.39 is 0 Å². The molecule has 0 fully saturated rings. The van der Waals surface area contributed by atoms with E-state index in [1.54, 1.807) is 30.3 Å². The molecular formula is C12H5Cl3O2. The summed E-state index contributed by atoms with van der Waals surface area (Å²) < 4.78 is 11.3. The van der Waals surface area contributed by atoms with E-state index in [-0.39, 0.29) is 0 Å². The Hall–Kier alpha value is -1.09. The van der Waals surface area contributed by atoms with Gasteiger partial charge in [0.05, 0.1) is 10.0 Å². The average Bonchev–Trinajstić information content (AvgIpc) is 2.28. The van der Waals surface area contributed by atoms with Crippen molar-refractivity contribution in [3.8, 4) is 23.0 Å². The second-order valence-corrected chi connectivity index (χ2v) is 4.76. The summed E-state index contributed by atoms with van der Waals surface area (Å²) in [6.07, 6.45) is 0. The Morgan fingerprint density at radius 3 is 1.82 bits per heavy atom. The van der Waals surface area contributed by atoms with E-state index in [0.717, 1.165) is 0 Å². The SMILES string of the molecule is Cl[13c]1[13cH][13cH][13c]2[13c]([13cH]1)O[13c]1[13cH][13c](Cl)[13c](Cl)[13cH][13c]1O2. The Labute approximate surface area is 113 Å². The molecular weight excluding hydrogens is 294 g/mol. The van der Waals surface area contributed by atoms with Crippen LogP contribution in [0.3, 0.4) is 0 Å². The fourth-order valence-corrected chi connectivity index (χ4v) is 2.02. The zero-order valence-corrected chi connectivity index (χ0v) is 10.6. The van der Waals surface area contributed by atoms with Crippen LogP contribution in [0.15, 0.2) is 30.3 Å². The Balaban J connectivity index is 2.11. The molecule has 1 heterocycles. The largest absolute Gasteiger partial charge is 0.449 e. The number of hydrogen-bond donors (Lipinski definition) is 0. The fraction of sp³-hybridized carbons (Fsp3) is 0. The van der Waals surface area contributed by atoms with Crippen LogP contribution in [-0.4, -0.2) is 0 Å². The lowest BCUT2D eigenvalue weighted by atomic mass is 11.2. The molecule has 5 heteroatoms. The molecule has 0 spiro atoms. The molecule has 2 aromatic carbocycles. The van der Waals surface area contributed by atoms with Gasteiger partial charge in [-0.3, -0.25) is 0 Å². The lowest BCUT2D eigenvalue weighted by Crippen LogP contribution is -1.98. The van der Waals surface area contributed by atoms with Gasteiger partial charge < -0.3 is 9.47 Å². The topological polar surface area (TPSA) is 18.5 Å². The van der Waals surface area contributed by atoms with Crippen LogP contribution in [0.1, 0.15) is 0 Å². The van der Waals surface area contributed by atoms with Crippen molar-refractivity contribution < 1.29 is 9.47 Å². The molecule has 1 aliphatic rings. The number of benzene rings is 2. The van der Waals surface area contributed by atoms with Gasteiger partial charge in [0.1, 0.15) is 0 Å². The van der Waals surface area contributed by atoms with Crippen molar-refractivity contribution in [1.82, 2.24) is 0 Å². The minimum absolute atomic E-state index is 0.416. The van der Waals surface area contributed by atoms with Gasteiger partial charge in [-0.2, -0.15) is 0 Å². The minimum atomic E-state index is 0.416. The van der Waals surface area contributed by atoms with Gasteiger partial charge in [0.15, 0.2) is 23.0 Å². The summed E-state index contributed by atoms with van der Waals surface area (Å²) in [7, 11) is 0. The molecule has 0 saturated heterocycles. The Kier molecular flexibility index (Phi) is 2.58. The highest BCUT2D eigenvalue weighted by Crippen LogP contribution is 2.48. The second kappa shape index (κ2) is 3.98. The van der Waals surface area contributed by atoms with E-state index in [9.17, 15) is 0 Å². The van der Waals surface area contributed by atoms with E-state index in [0.29, 0.717) is 38.1 Å². The summed E-state index contributed by atoms with van der Waals surface area (Å²) in [4.78, 5) is 0. The highest BCUT2D eigenvalue weighted by Gasteiger charge is 2.20. The summed E-state index contributed by atoms with van der Waals surface area (Å²) in [5.74, 6) is 2.21. The molecule has 3 rings (SSSR count). The third-order valence-corrected chi connectivity index (χ3v) is 3.29. The number of fused-ring (bicyclic) bond motifs is 2. The fourth-order valence-electron chi connectivity index (χ4n) is 1.55. The predicted molar refractivity (Wildman–Crippen MR) is 68.1 cm³/mol. The molecule has 17 heavy (non-hydrogen) atoms. The summed E-state index contributed by atoms with van der Waals surface area (Å²) in [5, 5.41) is 1.42. The molecule has 86 valence electrons. The van der Waals surface area contributed by atoms with Crippen LogP contribution in [0.5, 0.6) is 23.0 Å². The number of hydrogen-bond acceptors (Lipinski definition) is 2. The zero-order chi connectivity index (χ0) is 12.0. The smallest absolute Gasteiger partial charge is 0.171 e. The van der Waals surface area contributed by atoms with Crippen molar-refractivity contribution in [2.24, 2.45) is 0 Å². The number of halogens is 3. The van der Waals surface area contributed by atoms with Crippen LogP contribution >= 0.6 is 34.8 Å². The highest BCUT2D eigenvalue weighted by atomic mass is 35.5. The van der Waals surface area contributed by atoms with Crippen LogP contribution in [-0.2, 0) is 0 Å². The van der Waals surface area contributed by atoms with Crippen LogP contribution in [0.25, 0.3) is 0 Å². The molecule has 0 bridgehead atoms. The monoisotopic (exact) mass is 298 g/mol. The third kappa shape index (κ3) is 1.93. The Morgan fingerprint density at radius 2 is 1.18 bits per heavy atom. The predicted octanol–water partition coefficient (Wildman–Crippen LogP) is 5.54. The van der Waals surface area contributed by atoms with Gasteiger partial charge in [0, 0.05) is 23.2 Å². The first kappa shape index (κ1) is 11.0. The molecule has 0 unspecified atom stereocenters. The lowest BCUT2D eigenvalue weighted by molar-refractivity contribution is 0.359. The first-order valence-electron chi connectivity index (χ1n) is 4.78. The zero-order valence-electron chi connectivity index (χ0n) is 8.34. The standard InChI is InChI=1S/C12H5Cl3O2/c13-6-1-2-9-10(3-6)17-12-5-8(15)7(14)4-11(12)16-9/h1-5H/i1+1,2+1,3+1,4+1,5+1,6+1,7+1,8+1,9+1,10+1,11+1,12+1. The van der Waals surface area contributed by atoms with E-state index in [2.05, 4.69) is 0 Å². The van der Waals surface area contributed by atoms with Gasteiger partial charge in [-0.05, 0) is 12.1 Å². The molecule has 0 amide bonds. The molecule has 0 aliphatic carbocycles. The maximum Gasteiger partial charge on any atom is 0.171 e. The summed E-state index contributed by atoms with van der Waals surface area (Å²) >= 11 is 17.7. The first-order chi connectivity index (χ1) is 8.13. The molecule has 0 N–H and O–H groups in total. The van der Waals surface area contributed by atoms with E-state index in [1.165, 1.54) is 0 Å². The van der Waals surface area contributed by atoms with Crippen LogP contribution in [0.2, 0.25) is 15.1 Å². The lowest BCUT2D eigenvalue weighted by Gasteiger charge is -2.21. The highest BCUT2D eigenvalue weighted by molar-refractivity contribution is 6.42. The Bertz CT molecular complexity index is 611. The van der Waals surface area contributed by atoms with Crippen molar-refractivity contribution in [2.75, 3.05) is 0 Å². The van der Waals surface area contributed by atoms with Crippen LogP contribution in [0.4, 0.5) is 0 Å². The molecule has 0 saturated carbocycles. The first-order valence-corrected chi connectivity index (χ1v) is 5.91. The van der Waals surface area contributed by atoms with Crippen molar-refractivity contribution in [1.29, 1.82) is 0 Å². The number of rotatable bonds is 0. The van der Waals surface area contributed by atoms with E-state index >= 15 is 0 Å². The van der Waals surface area contributed by atoms with Crippen molar-refractivity contribution >= 4 is 34.8 Å². The van der Waals surface area contributed by atoms with Crippen molar-refractivity contribution in [3.05, 3.63) is 45.4 Å². The molecule has 0 atom stereocenters.